The Labute approximate surface area is 154 Å². The molecule has 0 saturated carbocycles. The van der Waals surface area contributed by atoms with Crippen molar-refractivity contribution in [1.82, 2.24) is 24.5 Å². The average Bonchev–Trinajstić information content (AvgIpc) is 3.05. The number of carbonyl (C=O) groups excluding carboxylic acids is 2. The molecule has 0 N–H and O–H groups in total. The highest BCUT2D eigenvalue weighted by molar-refractivity contribution is 5.88. The Morgan fingerprint density at radius 2 is 1.89 bits per heavy atom. The first-order valence-corrected chi connectivity index (χ1v) is 8.20. The molecule has 0 aliphatic rings. The van der Waals surface area contributed by atoms with Crippen LogP contribution in [-0.4, -0.2) is 50.0 Å². The summed E-state index contributed by atoms with van der Waals surface area (Å²) in [6, 6.07) is 7.62. The number of nitrogens with zero attached hydrogens (tertiary/aromatic N) is 5. The van der Waals surface area contributed by atoms with E-state index in [9.17, 15) is 14.0 Å². The summed E-state index contributed by atoms with van der Waals surface area (Å²) < 4.78 is 19.4. The Morgan fingerprint density at radius 1 is 1.19 bits per heavy atom. The summed E-state index contributed by atoms with van der Waals surface area (Å²) in [5.41, 5.74) is 2.29. The third-order valence-electron chi connectivity index (χ3n) is 3.89. The molecule has 2 heterocycles. The quantitative estimate of drug-likeness (QED) is 0.634. The van der Waals surface area contributed by atoms with E-state index in [1.54, 1.807) is 19.2 Å². The molecular weight excluding hydrogens is 353 g/mol. The maximum Gasteiger partial charge on any atom is 0.378 e. The lowest BCUT2D eigenvalue weighted by molar-refractivity contribution is -0.133. The molecule has 8 nitrogen and oxygen atoms in total. The van der Waals surface area contributed by atoms with Gasteiger partial charge in [-0.2, -0.15) is 4.98 Å². The monoisotopic (exact) mass is 371 g/mol. The third kappa shape index (κ3) is 4.25. The minimum absolute atomic E-state index is 0.162. The number of aromatic nitrogens is 4. The Bertz CT molecular complexity index is 1000. The van der Waals surface area contributed by atoms with E-state index < -0.39 is 18.5 Å². The van der Waals surface area contributed by atoms with Gasteiger partial charge in [-0.15, -0.1) is 5.10 Å². The van der Waals surface area contributed by atoms with Crippen LogP contribution in [0.1, 0.15) is 27.6 Å². The van der Waals surface area contributed by atoms with Crippen molar-refractivity contribution in [1.29, 1.82) is 0 Å². The lowest BCUT2D eigenvalue weighted by atomic mass is 10.2. The van der Waals surface area contributed by atoms with E-state index in [4.69, 9.17) is 4.74 Å². The molecule has 0 bridgehead atoms. The van der Waals surface area contributed by atoms with Crippen molar-refractivity contribution in [3.05, 3.63) is 58.9 Å². The number of benzene rings is 1. The second-order valence-corrected chi connectivity index (χ2v) is 6.14. The van der Waals surface area contributed by atoms with Gasteiger partial charge in [0.15, 0.2) is 6.61 Å². The maximum atomic E-state index is 12.9. The average molecular weight is 371 g/mol. The molecule has 0 aliphatic carbocycles. The van der Waals surface area contributed by atoms with Crippen LogP contribution < -0.4 is 0 Å². The number of amides is 1. The zero-order valence-electron chi connectivity index (χ0n) is 15.1. The van der Waals surface area contributed by atoms with Gasteiger partial charge in [-0.1, -0.05) is 12.1 Å². The first-order chi connectivity index (χ1) is 12.8. The van der Waals surface area contributed by atoms with Crippen molar-refractivity contribution in [3.8, 4) is 0 Å². The predicted molar refractivity (Wildman–Crippen MR) is 93.4 cm³/mol. The highest BCUT2D eigenvalue weighted by Crippen LogP contribution is 2.08. The molecule has 0 spiro atoms. The van der Waals surface area contributed by atoms with Gasteiger partial charge in [-0.3, -0.25) is 4.79 Å². The summed E-state index contributed by atoms with van der Waals surface area (Å²) in [7, 11) is 1.57. The maximum absolute atomic E-state index is 12.9. The van der Waals surface area contributed by atoms with Crippen LogP contribution in [0.3, 0.4) is 0 Å². The first kappa shape index (κ1) is 18.4. The molecule has 140 valence electrons. The number of likely N-dealkylation sites (N-methyl/N-ethyl adjacent to an activating group) is 1. The summed E-state index contributed by atoms with van der Waals surface area (Å²) in [4.78, 5) is 33.9. The summed E-state index contributed by atoms with van der Waals surface area (Å²) in [5.74, 6) is -1.42. The molecular formula is C18H18FN5O3. The van der Waals surface area contributed by atoms with Crippen LogP contribution in [0.15, 0.2) is 30.3 Å². The largest absolute Gasteiger partial charge is 0.450 e. The number of rotatable bonds is 5. The Hall–Kier alpha value is -3.36. The number of aryl methyl sites for hydroxylation is 2. The summed E-state index contributed by atoms with van der Waals surface area (Å²) in [6.07, 6.45) is 0. The van der Waals surface area contributed by atoms with Gasteiger partial charge in [0.1, 0.15) is 5.82 Å². The van der Waals surface area contributed by atoms with E-state index in [1.165, 1.54) is 21.5 Å². The van der Waals surface area contributed by atoms with Crippen LogP contribution in [0.25, 0.3) is 5.78 Å². The molecule has 2 aromatic heterocycles. The van der Waals surface area contributed by atoms with Gasteiger partial charge >= 0.3 is 5.97 Å². The number of hydrogen-bond donors (Lipinski definition) is 0. The smallest absolute Gasteiger partial charge is 0.378 e. The van der Waals surface area contributed by atoms with E-state index in [-0.39, 0.29) is 18.2 Å². The first-order valence-electron chi connectivity index (χ1n) is 8.20. The predicted octanol–water partition coefficient (Wildman–Crippen LogP) is 1.70. The van der Waals surface area contributed by atoms with Gasteiger partial charge in [0.25, 0.3) is 17.5 Å². The Balaban J connectivity index is 1.60. The van der Waals surface area contributed by atoms with E-state index in [2.05, 4.69) is 15.1 Å². The fraction of sp³-hybridized carbons (Fsp3) is 0.278. The number of esters is 1. The zero-order chi connectivity index (χ0) is 19.6. The van der Waals surface area contributed by atoms with Gasteiger partial charge < -0.3 is 9.64 Å². The van der Waals surface area contributed by atoms with E-state index in [1.807, 2.05) is 19.9 Å². The molecule has 0 fully saturated rings. The number of carbonyl (C=O) groups is 2. The Kier molecular flexibility index (Phi) is 5.11. The highest BCUT2D eigenvalue weighted by Gasteiger charge is 2.19. The van der Waals surface area contributed by atoms with Crippen molar-refractivity contribution in [3.63, 3.8) is 0 Å². The molecule has 27 heavy (non-hydrogen) atoms. The van der Waals surface area contributed by atoms with Crippen LogP contribution in [0.5, 0.6) is 0 Å². The Morgan fingerprint density at radius 3 is 2.59 bits per heavy atom. The van der Waals surface area contributed by atoms with Gasteiger partial charge in [0.05, 0.1) is 0 Å². The van der Waals surface area contributed by atoms with Crippen molar-refractivity contribution in [2.24, 2.45) is 0 Å². The molecule has 0 atom stereocenters. The van der Waals surface area contributed by atoms with Crippen LogP contribution in [0, 0.1) is 19.7 Å². The van der Waals surface area contributed by atoms with Crippen molar-refractivity contribution in [2.45, 2.75) is 20.4 Å². The van der Waals surface area contributed by atoms with Gasteiger partial charge in [-0.25, -0.2) is 18.7 Å². The number of ether oxygens (including phenoxy) is 1. The zero-order valence-corrected chi connectivity index (χ0v) is 15.1. The van der Waals surface area contributed by atoms with Crippen LogP contribution >= 0.6 is 0 Å². The molecule has 0 radical (unpaired) electrons. The molecule has 0 aliphatic heterocycles. The van der Waals surface area contributed by atoms with Gasteiger partial charge in [-0.05, 0) is 37.6 Å². The van der Waals surface area contributed by atoms with E-state index in [0.29, 0.717) is 5.78 Å². The fourth-order valence-electron chi connectivity index (χ4n) is 2.51. The third-order valence-corrected chi connectivity index (χ3v) is 3.89. The standard InChI is InChI=1S/C18H18FN5O3/c1-11-8-12(2)24-18(20-11)21-16(22-24)17(26)27-10-15(25)23(3)9-13-4-6-14(19)7-5-13/h4-8H,9-10H2,1-3H3. The minimum atomic E-state index is -0.805. The number of fused-ring (bicyclic) bond motifs is 1. The highest BCUT2D eigenvalue weighted by atomic mass is 19.1. The molecule has 9 heteroatoms. The topological polar surface area (TPSA) is 89.7 Å². The van der Waals surface area contributed by atoms with Crippen molar-refractivity contribution >= 4 is 17.7 Å². The van der Waals surface area contributed by atoms with Gasteiger partial charge in [0, 0.05) is 25.0 Å². The molecule has 0 unspecified atom stereocenters. The van der Waals surface area contributed by atoms with Gasteiger partial charge in [0.2, 0.25) is 0 Å². The number of hydrogen-bond acceptors (Lipinski definition) is 6. The van der Waals surface area contributed by atoms with Crippen LogP contribution in [-0.2, 0) is 16.1 Å². The number of halogens is 1. The van der Waals surface area contributed by atoms with Crippen LogP contribution in [0.2, 0.25) is 0 Å². The molecule has 3 aromatic rings. The van der Waals surface area contributed by atoms with Crippen molar-refractivity contribution < 1.29 is 18.7 Å². The summed E-state index contributed by atoms with van der Waals surface area (Å²) >= 11 is 0. The molecule has 0 saturated heterocycles. The summed E-state index contributed by atoms with van der Waals surface area (Å²) in [6.45, 7) is 3.46. The second-order valence-electron chi connectivity index (χ2n) is 6.14. The lowest BCUT2D eigenvalue weighted by Gasteiger charge is -2.16. The fourth-order valence-corrected chi connectivity index (χ4v) is 2.51. The second kappa shape index (κ2) is 7.48. The van der Waals surface area contributed by atoms with Crippen LogP contribution in [0.4, 0.5) is 4.39 Å². The molecule has 3 rings (SSSR count). The molecule has 1 aromatic carbocycles. The van der Waals surface area contributed by atoms with E-state index >= 15 is 0 Å². The summed E-state index contributed by atoms with van der Waals surface area (Å²) in [5, 5.41) is 4.06. The lowest BCUT2D eigenvalue weighted by Crippen LogP contribution is -2.31. The van der Waals surface area contributed by atoms with E-state index in [0.717, 1.165) is 17.0 Å². The SMILES string of the molecule is Cc1cc(C)n2nc(C(=O)OCC(=O)N(C)Cc3ccc(F)cc3)nc2n1. The molecule has 1 amide bonds. The normalized spacial score (nSPS) is 10.8. The minimum Gasteiger partial charge on any atom is -0.450 e. The van der Waals surface area contributed by atoms with Crippen molar-refractivity contribution in [2.75, 3.05) is 13.7 Å².